The van der Waals surface area contributed by atoms with Crippen molar-refractivity contribution in [2.24, 2.45) is 0 Å². The molecule has 1 aliphatic rings. The molecule has 3 heteroatoms. The summed E-state index contributed by atoms with van der Waals surface area (Å²) < 4.78 is 12.6. The van der Waals surface area contributed by atoms with Crippen molar-refractivity contribution in [1.29, 1.82) is 0 Å². The lowest BCUT2D eigenvalue weighted by Crippen LogP contribution is -2.33. The molecule has 0 saturated carbocycles. The first-order chi connectivity index (χ1) is 6.82. The molecule has 0 saturated heterocycles. The van der Waals surface area contributed by atoms with Crippen molar-refractivity contribution in [1.82, 2.24) is 4.57 Å². The van der Waals surface area contributed by atoms with Gasteiger partial charge in [0.05, 0.1) is 18.6 Å². The largest absolute Gasteiger partial charge is 0.383 e. The Kier molecular flexibility index (Phi) is 2.44. The van der Waals surface area contributed by atoms with Gasteiger partial charge in [0, 0.05) is 32.3 Å². The first-order valence-electron chi connectivity index (χ1n) is 4.67. The van der Waals surface area contributed by atoms with E-state index in [9.17, 15) is 0 Å². The van der Waals surface area contributed by atoms with Crippen LogP contribution in [-0.2, 0) is 14.9 Å². The van der Waals surface area contributed by atoms with Crippen molar-refractivity contribution in [3.63, 3.8) is 0 Å². The van der Waals surface area contributed by atoms with Gasteiger partial charge in [-0.2, -0.15) is 0 Å². The van der Waals surface area contributed by atoms with Crippen LogP contribution in [0.4, 0.5) is 0 Å². The maximum absolute atomic E-state index is 5.26. The van der Waals surface area contributed by atoms with Crippen LogP contribution in [0.25, 0.3) is 6.20 Å². The molecule has 1 aliphatic heterocycles. The smallest absolute Gasteiger partial charge is 0.0772 e. The van der Waals surface area contributed by atoms with Gasteiger partial charge in [-0.25, -0.2) is 0 Å². The second-order valence-electron chi connectivity index (χ2n) is 3.64. The van der Waals surface area contributed by atoms with E-state index in [1.165, 1.54) is 5.69 Å². The van der Waals surface area contributed by atoms with Crippen LogP contribution in [-0.4, -0.2) is 32.0 Å². The van der Waals surface area contributed by atoms with Crippen molar-refractivity contribution in [2.75, 3.05) is 27.4 Å². The van der Waals surface area contributed by atoms with Gasteiger partial charge in [-0.1, -0.05) is 6.08 Å². The molecule has 0 atom stereocenters. The first kappa shape index (κ1) is 9.49. The van der Waals surface area contributed by atoms with Gasteiger partial charge >= 0.3 is 0 Å². The predicted octanol–water partition coefficient (Wildman–Crippen LogP) is 1.50. The normalized spacial score (nSPS) is 17.3. The minimum atomic E-state index is -0.104. The van der Waals surface area contributed by atoms with Crippen LogP contribution in [0, 0.1) is 0 Å². The Morgan fingerprint density at radius 3 is 2.64 bits per heavy atom. The molecule has 0 fully saturated rings. The highest BCUT2D eigenvalue weighted by molar-refractivity contribution is 5.46. The summed E-state index contributed by atoms with van der Waals surface area (Å²) in [7, 11) is 3.44. The van der Waals surface area contributed by atoms with E-state index in [1.807, 2.05) is 12.3 Å². The molecule has 14 heavy (non-hydrogen) atoms. The van der Waals surface area contributed by atoms with E-state index in [-0.39, 0.29) is 5.41 Å². The Balaban J connectivity index is 2.34. The molecule has 76 valence electrons. The molecule has 0 radical (unpaired) electrons. The Morgan fingerprint density at radius 2 is 2.00 bits per heavy atom. The molecule has 0 aliphatic carbocycles. The number of hydrogen-bond donors (Lipinski definition) is 0. The summed E-state index contributed by atoms with van der Waals surface area (Å²) in [6.45, 7) is 1.31. The lowest BCUT2D eigenvalue weighted by atomic mass is 9.88. The molecule has 0 bridgehead atoms. The molecule has 1 aromatic heterocycles. The monoisotopic (exact) mass is 193 g/mol. The van der Waals surface area contributed by atoms with E-state index in [4.69, 9.17) is 9.47 Å². The summed E-state index contributed by atoms with van der Waals surface area (Å²) in [5, 5.41) is 0. The van der Waals surface area contributed by atoms with Crippen molar-refractivity contribution in [3.05, 3.63) is 30.1 Å². The number of hydrogen-bond acceptors (Lipinski definition) is 2. The van der Waals surface area contributed by atoms with Gasteiger partial charge in [0.2, 0.25) is 0 Å². The lowest BCUT2D eigenvalue weighted by molar-refractivity contribution is 0.0830. The Labute approximate surface area is 83.9 Å². The van der Waals surface area contributed by atoms with Crippen molar-refractivity contribution in [3.8, 4) is 0 Å². The molecule has 2 heterocycles. The molecule has 0 unspecified atom stereocenters. The molecule has 1 aromatic rings. The maximum atomic E-state index is 5.26. The SMILES string of the molecule is COCC1(COC)C=Cn2cccc21. The topological polar surface area (TPSA) is 23.4 Å². The minimum Gasteiger partial charge on any atom is -0.383 e. The number of rotatable bonds is 4. The van der Waals surface area contributed by atoms with Gasteiger partial charge in [0.15, 0.2) is 0 Å². The zero-order chi connectivity index (χ0) is 10.0. The molecule has 2 rings (SSSR count). The molecule has 3 nitrogen and oxygen atoms in total. The second kappa shape index (κ2) is 3.59. The second-order valence-corrected chi connectivity index (χ2v) is 3.64. The summed E-state index contributed by atoms with van der Waals surface area (Å²) in [6, 6.07) is 4.15. The third-order valence-corrected chi connectivity index (χ3v) is 2.65. The van der Waals surface area contributed by atoms with Gasteiger partial charge < -0.3 is 14.0 Å². The number of fused-ring (bicyclic) bond motifs is 1. The van der Waals surface area contributed by atoms with Gasteiger partial charge in [0.25, 0.3) is 0 Å². The fraction of sp³-hybridized carbons (Fsp3) is 0.455. The minimum absolute atomic E-state index is 0.104. The van der Waals surface area contributed by atoms with Gasteiger partial charge in [-0.15, -0.1) is 0 Å². The van der Waals surface area contributed by atoms with Crippen LogP contribution in [0.1, 0.15) is 5.69 Å². The van der Waals surface area contributed by atoms with Crippen LogP contribution in [0.15, 0.2) is 24.4 Å². The standard InChI is InChI=1S/C11H15NO2/c1-13-8-11(9-14-2)5-7-12-6-3-4-10(11)12/h3-7H,8-9H2,1-2H3. The highest BCUT2D eigenvalue weighted by Gasteiger charge is 2.35. The maximum Gasteiger partial charge on any atom is 0.0772 e. The van der Waals surface area contributed by atoms with Gasteiger partial charge in [-0.3, -0.25) is 0 Å². The zero-order valence-corrected chi connectivity index (χ0v) is 8.56. The molecular formula is C11H15NO2. The summed E-state index contributed by atoms with van der Waals surface area (Å²) in [4.78, 5) is 0. The summed E-state index contributed by atoms with van der Waals surface area (Å²) in [5.74, 6) is 0. The quantitative estimate of drug-likeness (QED) is 0.723. The van der Waals surface area contributed by atoms with Crippen LogP contribution in [0.5, 0.6) is 0 Å². The van der Waals surface area contributed by atoms with E-state index in [1.54, 1.807) is 14.2 Å². The molecule has 0 amide bonds. The van der Waals surface area contributed by atoms with Crippen LogP contribution >= 0.6 is 0 Å². The lowest BCUT2D eigenvalue weighted by Gasteiger charge is -2.25. The Hall–Kier alpha value is -1.06. The fourth-order valence-electron chi connectivity index (χ4n) is 2.06. The van der Waals surface area contributed by atoms with Crippen molar-refractivity contribution < 1.29 is 9.47 Å². The van der Waals surface area contributed by atoms with Gasteiger partial charge in [-0.05, 0) is 12.1 Å². The van der Waals surface area contributed by atoms with E-state index in [0.29, 0.717) is 13.2 Å². The van der Waals surface area contributed by atoms with Crippen LogP contribution in [0.3, 0.4) is 0 Å². The summed E-state index contributed by atoms with van der Waals surface area (Å²) in [6.07, 6.45) is 6.25. The van der Waals surface area contributed by atoms with E-state index >= 15 is 0 Å². The predicted molar refractivity (Wildman–Crippen MR) is 55.2 cm³/mol. The Bertz CT molecular complexity index is 335. The van der Waals surface area contributed by atoms with E-state index < -0.39 is 0 Å². The van der Waals surface area contributed by atoms with Crippen LogP contribution < -0.4 is 0 Å². The van der Waals surface area contributed by atoms with E-state index in [0.717, 1.165) is 0 Å². The van der Waals surface area contributed by atoms with Crippen molar-refractivity contribution in [2.45, 2.75) is 5.41 Å². The third-order valence-electron chi connectivity index (χ3n) is 2.65. The highest BCUT2D eigenvalue weighted by Crippen LogP contribution is 2.32. The number of aromatic nitrogens is 1. The average Bonchev–Trinajstić information content (AvgIpc) is 2.72. The molecule has 0 N–H and O–H groups in total. The first-order valence-corrected chi connectivity index (χ1v) is 4.67. The number of methoxy groups -OCH3 is 2. The highest BCUT2D eigenvalue weighted by atomic mass is 16.5. The number of nitrogens with zero attached hydrogens (tertiary/aromatic N) is 1. The fourth-order valence-corrected chi connectivity index (χ4v) is 2.06. The van der Waals surface area contributed by atoms with E-state index in [2.05, 4.69) is 22.9 Å². The molecule has 0 aromatic carbocycles. The Morgan fingerprint density at radius 1 is 1.29 bits per heavy atom. The molecule has 0 spiro atoms. The number of ether oxygens (including phenoxy) is 2. The van der Waals surface area contributed by atoms with Crippen molar-refractivity contribution >= 4 is 6.20 Å². The van der Waals surface area contributed by atoms with Gasteiger partial charge in [0.1, 0.15) is 0 Å². The van der Waals surface area contributed by atoms with Crippen LogP contribution in [0.2, 0.25) is 0 Å². The zero-order valence-electron chi connectivity index (χ0n) is 8.56. The average molecular weight is 193 g/mol. The molecular weight excluding hydrogens is 178 g/mol. The third kappa shape index (κ3) is 1.29. The summed E-state index contributed by atoms with van der Waals surface area (Å²) >= 11 is 0. The summed E-state index contributed by atoms with van der Waals surface area (Å²) in [5.41, 5.74) is 1.13.